The quantitative estimate of drug-likeness (QED) is 0.478. The summed E-state index contributed by atoms with van der Waals surface area (Å²) in [6, 6.07) is 0. The van der Waals surface area contributed by atoms with Crippen molar-refractivity contribution >= 4 is 27.9 Å². The van der Waals surface area contributed by atoms with Crippen molar-refractivity contribution in [2.75, 3.05) is 32.5 Å². The van der Waals surface area contributed by atoms with Crippen LogP contribution in [0.15, 0.2) is 11.6 Å². The van der Waals surface area contributed by atoms with Crippen molar-refractivity contribution in [1.82, 2.24) is 14.3 Å². The van der Waals surface area contributed by atoms with Crippen LogP contribution in [0, 0.1) is 10.1 Å². The fourth-order valence-corrected chi connectivity index (χ4v) is 2.54. The molecule has 0 aromatic carbocycles. The molecule has 2 heterocycles. The molecule has 7 nitrogen and oxygen atoms in total. The predicted molar refractivity (Wildman–Crippen MR) is 76.0 cm³/mol. The number of anilines is 1. The molecule has 0 spiro atoms. The SMILES string of the molecule is CN(C)CCCCNc1nc2sccn2c1[N+](=O)[O-]. The minimum Gasteiger partial charge on any atom is -0.363 e. The fourth-order valence-electron chi connectivity index (χ4n) is 1.83. The lowest BCUT2D eigenvalue weighted by molar-refractivity contribution is -0.389. The number of thiazole rings is 1. The number of unbranched alkanes of at least 4 members (excludes halogenated alkanes) is 1. The average molecular weight is 283 g/mol. The summed E-state index contributed by atoms with van der Waals surface area (Å²) in [4.78, 5) is 17.7. The van der Waals surface area contributed by atoms with Crippen LogP contribution in [0.2, 0.25) is 0 Å². The molecule has 0 aliphatic heterocycles. The number of aromatic nitrogens is 2. The standard InChI is InChI=1S/C11H17N5O2S/c1-14(2)6-4-3-5-12-9-10(16(17)18)15-7-8-19-11(15)13-9/h7-8,12H,3-6H2,1-2H3. The van der Waals surface area contributed by atoms with Gasteiger partial charge in [-0.2, -0.15) is 9.38 Å². The molecule has 0 aliphatic rings. The summed E-state index contributed by atoms with van der Waals surface area (Å²) < 4.78 is 1.51. The summed E-state index contributed by atoms with van der Waals surface area (Å²) >= 11 is 1.39. The Morgan fingerprint density at radius 3 is 3.00 bits per heavy atom. The monoisotopic (exact) mass is 283 g/mol. The molecule has 8 heteroatoms. The van der Waals surface area contributed by atoms with Crippen LogP contribution in [0.25, 0.3) is 4.96 Å². The van der Waals surface area contributed by atoms with Gasteiger partial charge in [0.05, 0.1) is 0 Å². The van der Waals surface area contributed by atoms with Crippen LogP contribution in [0.3, 0.4) is 0 Å². The summed E-state index contributed by atoms with van der Waals surface area (Å²) in [6.45, 7) is 1.71. The topological polar surface area (TPSA) is 75.7 Å². The summed E-state index contributed by atoms with van der Waals surface area (Å²) in [5.41, 5.74) is 0. The van der Waals surface area contributed by atoms with Gasteiger partial charge in [-0.1, -0.05) is 11.3 Å². The summed E-state index contributed by atoms with van der Waals surface area (Å²) in [7, 11) is 4.06. The maximum Gasteiger partial charge on any atom is 0.372 e. The molecule has 0 fully saturated rings. The molecule has 0 atom stereocenters. The first-order chi connectivity index (χ1) is 9.09. The van der Waals surface area contributed by atoms with E-state index in [0.29, 0.717) is 17.3 Å². The minimum atomic E-state index is -0.394. The zero-order valence-electron chi connectivity index (χ0n) is 11.0. The van der Waals surface area contributed by atoms with Gasteiger partial charge in [-0.3, -0.25) is 0 Å². The van der Waals surface area contributed by atoms with E-state index in [9.17, 15) is 10.1 Å². The molecule has 0 aliphatic carbocycles. The Morgan fingerprint density at radius 1 is 1.53 bits per heavy atom. The molecule has 0 radical (unpaired) electrons. The number of hydrogen-bond acceptors (Lipinski definition) is 6. The molecular weight excluding hydrogens is 266 g/mol. The summed E-state index contributed by atoms with van der Waals surface area (Å²) in [6.07, 6.45) is 3.68. The summed E-state index contributed by atoms with van der Waals surface area (Å²) in [5.74, 6) is 0.380. The van der Waals surface area contributed by atoms with Crippen molar-refractivity contribution < 1.29 is 4.92 Å². The second kappa shape index (κ2) is 5.98. The zero-order valence-corrected chi connectivity index (χ0v) is 11.8. The Morgan fingerprint density at radius 2 is 2.32 bits per heavy atom. The van der Waals surface area contributed by atoms with E-state index in [2.05, 4.69) is 15.2 Å². The molecule has 104 valence electrons. The lowest BCUT2D eigenvalue weighted by atomic mass is 10.3. The largest absolute Gasteiger partial charge is 0.372 e. The van der Waals surface area contributed by atoms with E-state index in [-0.39, 0.29) is 5.82 Å². The third kappa shape index (κ3) is 3.21. The number of nitrogens with one attached hydrogen (secondary N) is 1. The van der Waals surface area contributed by atoms with E-state index in [1.54, 1.807) is 11.6 Å². The third-order valence-electron chi connectivity index (χ3n) is 2.73. The molecule has 0 saturated carbocycles. The highest BCUT2D eigenvalue weighted by atomic mass is 32.1. The Kier molecular flexibility index (Phi) is 4.33. The maximum absolute atomic E-state index is 11.1. The van der Waals surface area contributed by atoms with E-state index in [1.807, 2.05) is 14.1 Å². The smallest absolute Gasteiger partial charge is 0.363 e. The second-order valence-electron chi connectivity index (χ2n) is 4.53. The number of imidazole rings is 1. The number of hydrogen-bond donors (Lipinski definition) is 1. The van der Waals surface area contributed by atoms with Gasteiger partial charge >= 0.3 is 5.82 Å². The van der Waals surface area contributed by atoms with Crippen LogP contribution >= 0.6 is 11.3 Å². The molecule has 2 aromatic rings. The first-order valence-corrected chi connectivity index (χ1v) is 6.96. The van der Waals surface area contributed by atoms with Gasteiger partial charge in [0.15, 0.2) is 0 Å². The molecule has 0 amide bonds. The van der Waals surface area contributed by atoms with Crippen LogP contribution in [0.4, 0.5) is 11.6 Å². The average Bonchev–Trinajstić information content (AvgIpc) is 2.86. The van der Waals surface area contributed by atoms with Gasteiger partial charge in [0.25, 0.3) is 4.96 Å². The zero-order chi connectivity index (χ0) is 13.8. The normalized spacial score (nSPS) is 11.3. The van der Waals surface area contributed by atoms with Gasteiger partial charge in [0, 0.05) is 11.9 Å². The molecule has 2 aromatic heterocycles. The molecule has 1 N–H and O–H groups in total. The van der Waals surface area contributed by atoms with Crippen molar-refractivity contribution in [2.45, 2.75) is 12.8 Å². The van der Waals surface area contributed by atoms with Crippen molar-refractivity contribution in [3.63, 3.8) is 0 Å². The first kappa shape index (κ1) is 13.8. The van der Waals surface area contributed by atoms with Crippen molar-refractivity contribution in [1.29, 1.82) is 0 Å². The van der Waals surface area contributed by atoms with E-state index in [4.69, 9.17) is 0 Å². The van der Waals surface area contributed by atoms with Crippen LogP contribution in [0.5, 0.6) is 0 Å². The summed E-state index contributed by atoms with van der Waals surface area (Å²) in [5, 5.41) is 15.9. The predicted octanol–water partition coefficient (Wildman–Crippen LogP) is 2.06. The van der Waals surface area contributed by atoms with Gasteiger partial charge in [-0.15, -0.1) is 0 Å². The number of nitro groups is 1. The van der Waals surface area contributed by atoms with Gasteiger partial charge in [0.1, 0.15) is 6.20 Å². The van der Waals surface area contributed by atoms with Crippen LogP contribution in [-0.2, 0) is 0 Å². The van der Waals surface area contributed by atoms with Crippen molar-refractivity contribution in [3.8, 4) is 0 Å². The fraction of sp³-hybridized carbons (Fsp3) is 0.545. The first-order valence-electron chi connectivity index (χ1n) is 6.08. The highest BCUT2D eigenvalue weighted by Gasteiger charge is 2.22. The molecule has 2 rings (SSSR count). The third-order valence-corrected chi connectivity index (χ3v) is 3.49. The lowest BCUT2D eigenvalue weighted by Gasteiger charge is -2.08. The van der Waals surface area contributed by atoms with Gasteiger partial charge in [0.2, 0.25) is 5.82 Å². The maximum atomic E-state index is 11.1. The van der Waals surface area contributed by atoms with Crippen molar-refractivity contribution in [3.05, 3.63) is 21.7 Å². The minimum absolute atomic E-state index is 0.0175. The Bertz CT molecular complexity index is 562. The lowest BCUT2D eigenvalue weighted by Crippen LogP contribution is -2.14. The van der Waals surface area contributed by atoms with Gasteiger partial charge in [-0.25, -0.2) is 0 Å². The van der Waals surface area contributed by atoms with Gasteiger partial charge in [-0.05, 0) is 38.4 Å². The molecule has 0 unspecified atom stereocenters. The molecular formula is C11H17N5O2S. The Balaban J connectivity index is 1.98. The highest BCUT2D eigenvalue weighted by molar-refractivity contribution is 7.15. The van der Waals surface area contributed by atoms with E-state index >= 15 is 0 Å². The number of rotatable bonds is 7. The van der Waals surface area contributed by atoms with E-state index in [0.717, 1.165) is 19.4 Å². The molecule has 0 saturated heterocycles. The molecule has 0 bridgehead atoms. The number of nitrogens with zero attached hydrogens (tertiary/aromatic N) is 4. The Labute approximate surface area is 115 Å². The van der Waals surface area contributed by atoms with Crippen LogP contribution in [-0.4, -0.2) is 46.4 Å². The Hall–Kier alpha value is -1.67. The van der Waals surface area contributed by atoms with Gasteiger partial charge < -0.3 is 20.3 Å². The number of fused-ring (bicyclic) bond motifs is 1. The van der Waals surface area contributed by atoms with Crippen LogP contribution in [0.1, 0.15) is 12.8 Å². The second-order valence-corrected chi connectivity index (χ2v) is 5.41. The van der Waals surface area contributed by atoms with E-state index < -0.39 is 4.92 Å². The van der Waals surface area contributed by atoms with Crippen LogP contribution < -0.4 is 5.32 Å². The molecule has 19 heavy (non-hydrogen) atoms. The van der Waals surface area contributed by atoms with Crippen molar-refractivity contribution in [2.24, 2.45) is 0 Å². The van der Waals surface area contributed by atoms with E-state index in [1.165, 1.54) is 15.7 Å². The highest BCUT2D eigenvalue weighted by Crippen LogP contribution is 2.27.